The molecule has 41 heavy (non-hydrogen) atoms. The Balaban J connectivity index is 0.000000587. The maximum absolute atomic E-state index is 13.3. The fourth-order valence-corrected chi connectivity index (χ4v) is 5.54. The van der Waals surface area contributed by atoms with Crippen molar-refractivity contribution in [3.05, 3.63) is 48.0 Å². The van der Waals surface area contributed by atoms with Crippen LogP contribution in [0.1, 0.15) is 43.0 Å². The normalized spacial score (nSPS) is 16.2. The number of alkyl halides is 3. The van der Waals surface area contributed by atoms with E-state index in [2.05, 4.69) is 14.9 Å². The largest absolute Gasteiger partial charge is 0.494 e. The standard InChI is InChI=1S/C25H34N4O4S.C2HF3O2/c1-2-33-21-8-10-22(11-9-21)34(31,32)27-23-19-20(25(30)29-15-5-3-4-6-16-29)7-12-24(23)28-17-13-26-14-18-28;3-2(4,5)1(6)7/h7-12,19,26-27H,2-6,13-18H2,1H3;(H,6,7). The highest BCUT2D eigenvalue weighted by molar-refractivity contribution is 7.92. The van der Waals surface area contributed by atoms with Crippen LogP contribution in [-0.2, 0) is 14.8 Å². The van der Waals surface area contributed by atoms with Crippen molar-refractivity contribution >= 4 is 33.3 Å². The lowest BCUT2D eigenvalue weighted by Gasteiger charge is -2.31. The van der Waals surface area contributed by atoms with E-state index in [0.717, 1.165) is 70.6 Å². The Morgan fingerprint density at radius 3 is 2.10 bits per heavy atom. The van der Waals surface area contributed by atoms with Gasteiger partial charge in [0.25, 0.3) is 15.9 Å². The monoisotopic (exact) mass is 600 g/mol. The molecule has 0 saturated carbocycles. The zero-order valence-electron chi connectivity index (χ0n) is 22.7. The molecule has 0 aromatic heterocycles. The van der Waals surface area contributed by atoms with Gasteiger partial charge in [-0.2, -0.15) is 13.2 Å². The van der Waals surface area contributed by atoms with E-state index in [1.807, 2.05) is 24.0 Å². The number of hydrogen-bond acceptors (Lipinski definition) is 7. The lowest BCUT2D eigenvalue weighted by Crippen LogP contribution is -2.43. The Hall–Kier alpha value is -3.52. The van der Waals surface area contributed by atoms with Gasteiger partial charge in [0.05, 0.1) is 22.9 Å². The number of halogens is 3. The maximum atomic E-state index is 13.3. The molecular weight excluding hydrogens is 565 g/mol. The summed E-state index contributed by atoms with van der Waals surface area (Å²) in [5, 5.41) is 10.4. The van der Waals surface area contributed by atoms with Crippen LogP contribution in [-0.4, -0.2) is 82.4 Å². The number of hydrogen-bond donors (Lipinski definition) is 3. The predicted molar refractivity (Wildman–Crippen MR) is 148 cm³/mol. The second-order valence-corrected chi connectivity index (χ2v) is 11.2. The first-order valence-corrected chi connectivity index (χ1v) is 14.9. The van der Waals surface area contributed by atoms with Crippen molar-refractivity contribution in [1.29, 1.82) is 0 Å². The van der Waals surface area contributed by atoms with Crippen LogP contribution in [0.2, 0.25) is 0 Å². The molecule has 14 heteroatoms. The van der Waals surface area contributed by atoms with E-state index >= 15 is 0 Å². The van der Waals surface area contributed by atoms with E-state index in [1.54, 1.807) is 18.2 Å². The van der Waals surface area contributed by atoms with Crippen molar-refractivity contribution in [2.75, 3.05) is 55.5 Å². The molecule has 226 valence electrons. The number of likely N-dealkylation sites (tertiary alicyclic amines) is 1. The summed E-state index contributed by atoms with van der Waals surface area (Å²) in [7, 11) is -3.85. The number of ether oxygens (including phenoxy) is 1. The second-order valence-electron chi connectivity index (χ2n) is 9.49. The summed E-state index contributed by atoms with van der Waals surface area (Å²) in [4.78, 5) is 26.3. The Bertz CT molecular complexity index is 1270. The van der Waals surface area contributed by atoms with Crippen LogP contribution >= 0.6 is 0 Å². The summed E-state index contributed by atoms with van der Waals surface area (Å²) < 4.78 is 66.4. The molecule has 0 radical (unpaired) electrons. The molecule has 2 aromatic carbocycles. The second kappa shape index (κ2) is 14.4. The van der Waals surface area contributed by atoms with E-state index in [4.69, 9.17) is 14.6 Å². The van der Waals surface area contributed by atoms with Crippen molar-refractivity contribution in [2.24, 2.45) is 0 Å². The number of carboxylic acid groups (broad SMARTS) is 1. The maximum Gasteiger partial charge on any atom is 0.490 e. The lowest BCUT2D eigenvalue weighted by molar-refractivity contribution is -0.192. The predicted octanol–water partition coefficient (Wildman–Crippen LogP) is 3.95. The molecule has 2 fully saturated rings. The van der Waals surface area contributed by atoms with Gasteiger partial charge in [-0.1, -0.05) is 12.8 Å². The van der Waals surface area contributed by atoms with Crippen LogP contribution in [0.3, 0.4) is 0 Å². The average Bonchev–Trinajstić information content (AvgIpc) is 3.23. The molecule has 0 unspecified atom stereocenters. The van der Waals surface area contributed by atoms with Gasteiger partial charge in [-0.3, -0.25) is 9.52 Å². The summed E-state index contributed by atoms with van der Waals surface area (Å²) in [5.74, 6) is -2.18. The number of nitrogens with zero attached hydrogens (tertiary/aromatic N) is 2. The van der Waals surface area contributed by atoms with E-state index < -0.39 is 22.2 Å². The molecule has 2 aliphatic rings. The number of piperazine rings is 1. The van der Waals surface area contributed by atoms with Crippen molar-refractivity contribution in [3.63, 3.8) is 0 Å². The third kappa shape index (κ3) is 9.25. The third-order valence-corrected chi connectivity index (χ3v) is 7.91. The summed E-state index contributed by atoms with van der Waals surface area (Å²) in [6, 6.07) is 11.7. The minimum atomic E-state index is -5.08. The Labute approximate surface area is 237 Å². The van der Waals surface area contributed by atoms with Crippen LogP contribution in [0.25, 0.3) is 0 Å². The Morgan fingerprint density at radius 2 is 1.56 bits per heavy atom. The van der Waals surface area contributed by atoms with Gasteiger partial charge in [0, 0.05) is 44.8 Å². The number of aliphatic carboxylic acids is 1. The fraction of sp³-hybridized carbons (Fsp3) is 0.481. The number of carboxylic acids is 1. The van der Waals surface area contributed by atoms with Crippen molar-refractivity contribution < 1.29 is 41.0 Å². The summed E-state index contributed by atoms with van der Waals surface area (Å²) >= 11 is 0. The van der Waals surface area contributed by atoms with Crippen LogP contribution in [0.5, 0.6) is 5.75 Å². The highest BCUT2D eigenvalue weighted by atomic mass is 32.2. The summed E-state index contributed by atoms with van der Waals surface area (Å²) in [5.41, 5.74) is 1.71. The summed E-state index contributed by atoms with van der Waals surface area (Å²) in [6.45, 7) is 7.03. The minimum Gasteiger partial charge on any atom is -0.494 e. The average molecular weight is 601 g/mol. The molecule has 0 aliphatic carbocycles. The van der Waals surface area contributed by atoms with E-state index in [-0.39, 0.29) is 10.8 Å². The molecular formula is C27H35F3N4O6S. The molecule has 4 rings (SSSR count). The van der Waals surface area contributed by atoms with E-state index in [9.17, 15) is 26.4 Å². The number of nitrogens with one attached hydrogen (secondary N) is 2. The van der Waals surface area contributed by atoms with Gasteiger partial charge >= 0.3 is 12.1 Å². The van der Waals surface area contributed by atoms with Crippen molar-refractivity contribution in [2.45, 2.75) is 43.7 Å². The summed E-state index contributed by atoms with van der Waals surface area (Å²) in [6.07, 6.45) is -0.804. The zero-order chi connectivity index (χ0) is 30.0. The molecule has 10 nitrogen and oxygen atoms in total. The fourth-order valence-electron chi connectivity index (χ4n) is 4.47. The van der Waals surface area contributed by atoms with Crippen LogP contribution in [0.15, 0.2) is 47.4 Å². The number of carbonyl (C=O) groups excluding carboxylic acids is 1. The third-order valence-electron chi connectivity index (χ3n) is 6.53. The quantitative estimate of drug-likeness (QED) is 0.436. The number of anilines is 2. The van der Waals surface area contributed by atoms with Crippen LogP contribution in [0.4, 0.5) is 24.5 Å². The first-order valence-electron chi connectivity index (χ1n) is 13.4. The van der Waals surface area contributed by atoms with Crippen molar-refractivity contribution in [3.8, 4) is 5.75 Å². The Morgan fingerprint density at radius 1 is 0.976 bits per heavy atom. The smallest absolute Gasteiger partial charge is 0.490 e. The number of amides is 1. The SMILES string of the molecule is CCOc1ccc(S(=O)(=O)Nc2cc(C(=O)N3CCCCCC3)ccc2N2CCNCC2)cc1.O=C(O)C(F)(F)F. The first-order chi connectivity index (χ1) is 19.4. The molecule has 1 amide bonds. The molecule has 2 saturated heterocycles. The highest BCUT2D eigenvalue weighted by Gasteiger charge is 2.38. The molecule has 2 aliphatic heterocycles. The first kappa shape index (κ1) is 32.0. The molecule has 3 N–H and O–H groups in total. The molecule has 2 aromatic rings. The van der Waals surface area contributed by atoms with Gasteiger partial charge in [0.2, 0.25) is 0 Å². The van der Waals surface area contributed by atoms with Gasteiger partial charge in [-0.05, 0) is 62.2 Å². The van der Waals surface area contributed by atoms with E-state index in [0.29, 0.717) is 23.6 Å². The van der Waals surface area contributed by atoms with E-state index in [1.165, 1.54) is 12.1 Å². The topological polar surface area (TPSA) is 128 Å². The van der Waals surface area contributed by atoms with Crippen LogP contribution in [0, 0.1) is 0 Å². The Kier molecular flexibility index (Phi) is 11.2. The van der Waals surface area contributed by atoms with Gasteiger partial charge in [0.15, 0.2) is 0 Å². The number of benzene rings is 2. The van der Waals surface area contributed by atoms with Gasteiger partial charge < -0.3 is 25.0 Å². The number of sulfonamides is 1. The highest BCUT2D eigenvalue weighted by Crippen LogP contribution is 2.31. The molecule has 2 heterocycles. The molecule has 0 bridgehead atoms. The van der Waals surface area contributed by atoms with Gasteiger partial charge in [-0.25, -0.2) is 13.2 Å². The van der Waals surface area contributed by atoms with Gasteiger partial charge in [-0.15, -0.1) is 0 Å². The minimum absolute atomic E-state index is 0.0460. The number of rotatable bonds is 7. The lowest BCUT2D eigenvalue weighted by atomic mass is 10.1. The van der Waals surface area contributed by atoms with Gasteiger partial charge in [0.1, 0.15) is 5.75 Å². The molecule has 0 spiro atoms. The zero-order valence-corrected chi connectivity index (χ0v) is 23.6. The number of carbonyl (C=O) groups is 2. The van der Waals surface area contributed by atoms with Crippen LogP contribution < -0.4 is 19.7 Å². The molecule has 0 atom stereocenters. The van der Waals surface area contributed by atoms with Crippen molar-refractivity contribution in [1.82, 2.24) is 10.2 Å².